The van der Waals surface area contributed by atoms with Gasteiger partial charge in [-0.05, 0) is 23.8 Å². The third-order valence-corrected chi connectivity index (χ3v) is 4.23. The number of rotatable bonds is 6. The van der Waals surface area contributed by atoms with Crippen LogP contribution < -0.4 is 18.9 Å². The number of esters is 1. The Balaban J connectivity index is 1.95. The quantitative estimate of drug-likeness (QED) is 0.750. The van der Waals surface area contributed by atoms with Crippen molar-refractivity contribution in [3.63, 3.8) is 0 Å². The minimum absolute atomic E-state index is 0.389. The predicted octanol–water partition coefficient (Wildman–Crippen LogP) is 3.18. The first-order valence-electron chi connectivity index (χ1n) is 7.79. The molecule has 25 heavy (non-hydrogen) atoms. The minimum Gasteiger partial charge on any atom is -0.497 e. The van der Waals surface area contributed by atoms with Gasteiger partial charge in [-0.15, -0.1) is 0 Å². The summed E-state index contributed by atoms with van der Waals surface area (Å²) in [5, 5.41) is 0. The van der Waals surface area contributed by atoms with E-state index < -0.39 is 6.10 Å². The molecule has 6 heteroatoms. The highest BCUT2D eigenvalue weighted by atomic mass is 16.6. The highest BCUT2D eigenvalue weighted by molar-refractivity contribution is 5.97. The number of methoxy groups -OCH3 is 4. The summed E-state index contributed by atoms with van der Waals surface area (Å²) in [5.41, 5.74) is 2.18. The van der Waals surface area contributed by atoms with E-state index >= 15 is 0 Å². The first kappa shape index (κ1) is 17.0. The van der Waals surface area contributed by atoms with E-state index in [-0.39, 0.29) is 5.97 Å². The lowest BCUT2D eigenvalue weighted by Gasteiger charge is -2.14. The summed E-state index contributed by atoms with van der Waals surface area (Å²) in [6.45, 7) is 0. The average molecular weight is 344 g/mol. The number of fused-ring (bicyclic) bond motifs is 1. The molecule has 0 saturated heterocycles. The van der Waals surface area contributed by atoms with Crippen LogP contribution in [0.5, 0.6) is 23.0 Å². The van der Waals surface area contributed by atoms with E-state index in [1.54, 1.807) is 27.4 Å². The molecule has 0 spiro atoms. The summed E-state index contributed by atoms with van der Waals surface area (Å²) in [4.78, 5) is 12.3. The van der Waals surface area contributed by atoms with Gasteiger partial charge >= 0.3 is 5.97 Å². The van der Waals surface area contributed by atoms with Crippen LogP contribution in [-0.2, 0) is 11.2 Å². The van der Waals surface area contributed by atoms with Crippen molar-refractivity contribution in [2.45, 2.75) is 12.5 Å². The van der Waals surface area contributed by atoms with Crippen LogP contribution in [0.15, 0.2) is 30.3 Å². The first-order valence-corrected chi connectivity index (χ1v) is 7.79. The van der Waals surface area contributed by atoms with Crippen molar-refractivity contribution in [2.24, 2.45) is 0 Å². The molecule has 0 aliphatic carbocycles. The van der Waals surface area contributed by atoms with Crippen LogP contribution in [0.3, 0.4) is 0 Å². The number of carbonyl (C=O) groups is 1. The molecule has 2 aromatic rings. The lowest BCUT2D eigenvalue weighted by Crippen LogP contribution is -2.03. The van der Waals surface area contributed by atoms with Gasteiger partial charge < -0.3 is 23.7 Å². The second-order valence-corrected chi connectivity index (χ2v) is 5.58. The second kappa shape index (κ2) is 6.93. The Labute approximate surface area is 146 Å². The highest BCUT2D eigenvalue weighted by Gasteiger charge is 2.35. The van der Waals surface area contributed by atoms with Crippen molar-refractivity contribution in [3.8, 4) is 23.0 Å². The molecule has 1 aliphatic heterocycles. The number of ether oxygens (including phenoxy) is 5. The normalized spacial score (nSPS) is 15.4. The SMILES string of the molecule is COc1cc(OC)c2c(c1)[C@H](Cc1ccc(OC)c(OC)c1)OC2=O. The summed E-state index contributed by atoms with van der Waals surface area (Å²) in [7, 11) is 6.26. The fourth-order valence-electron chi connectivity index (χ4n) is 2.99. The molecule has 132 valence electrons. The molecule has 0 radical (unpaired) electrons. The van der Waals surface area contributed by atoms with Gasteiger partial charge in [0.15, 0.2) is 11.5 Å². The maximum absolute atomic E-state index is 12.3. The van der Waals surface area contributed by atoms with E-state index in [0.717, 1.165) is 11.1 Å². The predicted molar refractivity (Wildman–Crippen MR) is 91.0 cm³/mol. The Morgan fingerprint density at radius 1 is 0.880 bits per heavy atom. The molecule has 0 fully saturated rings. The lowest BCUT2D eigenvalue weighted by molar-refractivity contribution is 0.0385. The Morgan fingerprint density at radius 3 is 2.24 bits per heavy atom. The van der Waals surface area contributed by atoms with Gasteiger partial charge in [0.1, 0.15) is 23.2 Å². The van der Waals surface area contributed by atoms with Gasteiger partial charge in [-0.1, -0.05) is 6.07 Å². The van der Waals surface area contributed by atoms with E-state index in [4.69, 9.17) is 23.7 Å². The van der Waals surface area contributed by atoms with Crippen LogP contribution in [0, 0.1) is 0 Å². The van der Waals surface area contributed by atoms with Crippen molar-refractivity contribution < 1.29 is 28.5 Å². The monoisotopic (exact) mass is 344 g/mol. The molecule has 0 saturated carbocycles. The van der Waals surface area contributed by atoms with Crippen molar-refractivity contribution in [1.82, 2.24) is 0 Å². The third-order valence-electron chi connectivity index (χ3n) is 4.23. The fourth-order valence-corrected chi connectivity index (χ4v) is 2.99. The maximum Gasteiger partial charge on any atom is 0.342 e. The van der Waals surface area contributed by atoms with Crippen molar-refractivity contribution in [3.05, 3.63) is 47.0 Å². The molecule has 2 aromatic carbocycles. The van der Waals surface area contributed by atoms with Crippen molar-refractivity contribution in [1.29, 1.82) is 0 Å². The highest BCUT2D eigenvalue weighted by Crippen LogP contribution is 2.41. The molecule has 0 N–H and O–H groups in total. The van der Waals surface area contributed by atoms with Crippen molar-refractivity contribution in [2.75, 3.05) is 28.4 Å². The van der Waals surface area contributed by atoms with Gasteiger partial charge in [-0.2, -0.15) is 0 Å². The molecule has 1 atom stereocenters. The smallest absolute Gasteiger partial charge is 0.342 e. The van der Waals surface area contributed by atoms with E-state index in [1.807, 2.05) is 24.3 Å². The summed E-state index contributed by atoms with van der Waals surface area (Å²) in [6.07, 6.45) is 0.0969. The van der Waals surface area contributed by atoms with Crippen LogP contribution in [0.4, 0.5) is 0 Å². The molecule has 0 aromatic heterocycles. The molecule has 3 rings (SSSR count). The van der Waals surface area contributed by atoms with Gasteiger partial charge in [-0.25, -0.2) is 4.79 Å². The number of cyclic esters (lactones) is 1. The zero-order valence-electron chi connectivity index (χ0n) is 14.6. The molecule has 1 aliphatic rings. The van der Waals surface area contributed by atoms with Crippen molar-refractivity contribution >= 4 is 5.97 Å². The summed E-state index contributed by atoms with van der Waals surface area (Å²) >= 11 is 0. The van der Waals surface area contributed by atoms with Crippen LogP contribution in [-0.4, -0.2) is 34.4 Å². The van der Waals surface area contributed by atoms with Crippen LogP contribution in [0.1, 0.15) is 27.6 Å². The summed E-state index contributed by atoms with van der Waals surface area (Å²) in [5.74, 6) is 1.96. The number of hydrogen-bond donors (Lipinski definition) is 0. The van der Waals surface area contributed by atoms with E-state index in [0.29, 0.717) is 35.0 Å². The first-order chi connectivity index (χ1) is 12.1. The van der Waals surface area contributed by atoms with Gasteiger partial charge in [-0.3, -0.25) is 0 Å². The lowest BCUT2D eigenvalue weighted by atomic mass is 9.98. The molecular formula is C19H20O6. The average Bonchev–Trinajstić information content (AvgIpc) is 2.96. The van der Waals surface area contributed by atoms with Gasteiger partial charge in [0, 0.05) is 18.1 Å². The number of carbonyl (C=O) groups excluding carboxylic acids is 1. The molecule has 0 bridgehead atoms. The number of benzene rings is 2. The minimum atomic E-state index is -0.412. The van der Waals surface area contributed by atoms with Crippen LogP contribution >= 0.6 is 0 Å². The molecule has 6 nitrogen and oxygen atoms in total. The van der Waals surface area contributed by atoms with Gasteiger partial charge in [0.25, 0.3) is 0 Å². The Kier molecular flexibility index (Phi) is 4.70. The Hall–Kier alpha value is -2.89. The van der Waals surface area contributed by atoms with E-state index in [1.165, 1.54) is 7.11 Å². The van der Waals surface area contributed by atoms with Gasteiger partial charge in [0.2, 0.25) is 0 Å². The van der Waals surface area contributed by atoms with Crippen LogP contribution in [0.2, 0.25) is 0 Å². The standard InChI is InChI=1S/C19H20O6/c1-21-12-9-13-15(25-19(20)18(13)17(10-12)24-4)7-11-5-6-14(22-2)16(8-11)23-3/h5-6,8-10,15H,7H2,1-4H3/t15-/m0/s1. The van der Waals surface area contributed by atoms with Crippen LogP contribution in [0.25, 0.3) is 0 Å². The Bertz CT molecular complexity index is 799. The summed E-state index contributed by atoms with van der Waals surface area (Å²) < 4.78 is 26.8. The largest absolute Gasteiger partial charge is 0.497 e. The summed E-state index contributed by atoms with van der Waals surface area (Å²) in [6, 6.07) is 9.12. The van der Waals surface area contributed by atoms with Gasteiger partial charge in [0.05, 0.1) is 28.4 Å². The molecule has 1 heterocycles. The zero-order valence-corrected chi connectivity index (χ0v) is 14.6. The molecule has 0 unspecified atom stereocenters. The topological polar surface area (TPSA) is 63.2 Å². The molecule has 0 amide bonds. The van der Waals surface area contributed by atoms with E-state index in [9.17, 15) is 4.79 Å². The third kappa shape index (κ3) is 3.07. The molecular weight excluding hydrogens is 324 g/mol. The maximum atomic E-state index is 12.3. The zero-order chi connectivity index (χ0) is 18.0. The second-order valence-electron chi connectivity index (χ2n) is 5.58. The van der Waals surface area contributed by atoms with E-state index in [2.05, 4.69) is 0 Å². The fraction of sp³-hybridized carbons (Fsp3) is 0.316. The number of hydrogen-bond acceptors (Lipinski definition) is 6. The Morgan fingerprint density at radius 2 is 1.60 bits per heavy atom.